The summed E-state index contributed by atoms with van der Waals surface area (Å²) in [5.41, 5.74) is 2.09. The summed E-state index contributed by atoms with van der Waals surface area (Å²) in [6.07, 6.45) is 1.76. The van der Waals surface area contributed by atoms with Gasteiger partial charge in [0.1, 0.15) is 5.58 Å². The van der Waals surface area contributed by atoms with Crippen molar-refractivity contribution < 1.29 is 9.21 Å². The van der Waals surface area contributed by atoms with Gasteiger partial charge >= 0.3 is 0 Å². The maximum atomic E-state index is 13.4. The van der Waals surface area contributed by atoms with E-state index in [2.05, 4.69) is 6.92 Å². The Balaban J connectivity index is 2.00. The molecule has 0 saturated carbocycles. The molecule has 1 unspecified atom stereocenters. The summed E-state index contributed by atoms with van der Waals surface area (Å²) in [7, 11) is 0. The third kappa shape index (κ3) is 3.01. The fourth-order valence-corrected chi connectivity index (χ4v) is 4.09. The van der Waals surface area contributed by atoms with E-state index in [9.17, 15) is 9.59 Å². The normalized spacial score (nSPS) is 16.1. The van der Waals surface area contributed by atoms with E-state index in [4.69, 9.17) is 27.6 Å². The van der Waals surface area contributed by atoms with Gasteiger partial charge in [-0.05, 0) is 48.7 Å². The lowest BCUT2D eigenvalue weighted by molar-refractivity contribution is 0.0725. The molecule has 2 heterocycles. The molecule has 1 atom stereocenters. The minimum atomic E-state index is -0.520. The standard InChI is InChI=1S/C22H19Cl2NO3/c1-3-4-8-25-19(13-6-5-7-14(23)10-13)18-20(26)15-11-16(24)12(2)9-17(15)28-21(18)22(25)27/h5-7,9-11,19H,3-4,8H2,1-2H3. The highest BCUT2D eigenvalue weighted by Gasteiger charge is 2.42. The van der Waals surface area contributed by atoms with Gasteiger partial charge < -0.3 is 9.32 Å². The van der Waals surface area contributed by atoms with Crippen molar-refractivity contribution in [1.82, 2.24) is 4.90 Å². The number of carbonyl (C=O) groups excluding carboxylic acids is 1. The number of rotatable bonds is 4. The van der Waals surface area contributed by atoms with Crippen LogP contribution in [0, 0.1) is 6.92 Å². The Kier molecular flexibility index (Phi) is 4.94. The number of carbonyl (C=O) groups is 1. The van der Waals surface area contributed by atoms with Crippen LogP contribution in [0.5, 0.6) is 0 Å². The molecule has 1 amide bonds. The SMILES string of the molecule is CCCCN1C(=O)c2oc3cc(C)c(Cl)cc3c(=O)c2C1c1cccc(Cl)c1. The van der Waals surface area contributed by atoms with Crippen LogP contribution in [0.25, 0.3) is 11.0 Å². The number of benzene rings is 2. The summed E-state index contributed by atoms with van der Waals surface area (Å²) in [6.45, 7) is 4.43. The maximum Gasteiger partial charge on any atom is 0.290 e. The number of unbranched alkanes of at least 4 members (excludes halogenated alkanes) is 1. The zero-order chi connectivity index (χ0) is 20.0. The molecule has 0 aliphatic carbocycles. The molecule has 1 aliphatic heterocycles. The number of hydrogen-bond acceptors (Lipinski definition) is 3. The molecule has 3 aromatic rings. The molecule has 2 aromatic carbocycles. The molecule has 0 spiro atoms. The third-order valence-electron chi connectivity index (χ3n) is 5.16. The topological polar surface area (TPSA) is 50.5 Å². The van der Waals surface area contributed by atoms with Crippen LogP contribution in [0.3, 0.4) is 0 Å². The highest BCUT2D eigenvalue weighted by atomic mass is 35.5. The summed E-state index contributed by atoms with van der Waals surface area (Å²) < 4.78 is 5.94. The fourth-order valence-electron chi connectivity index (χ4n) is 3.72. The second-order valence-electron chi connectivity index (χ2n) is 7.08. The summed E-state index contributed by atoms with van der Waals surface area (Å²) in [4.78, 5) is 28.2. The second kappa shape index (κ2) is 7.26. The first-order valence-corrected chi connectivity index (χ1v) is 10.0. The van der Waals surface area contributed by atoms with Gasteiger partial charge in [0.15, 0.2) is 5.43 Å². The monoisotopic (exact) mass is 415 g/mol. The van der Waals surface area contributed by atoms with Gasteiger partial charge in [0, 0.05) is 16.6 Å². The van der Waals surface area contributed by atoms with Gasteiger partial charge in [-0.25, -0.2) is 0 Å². The number of fused-ring (bicyclic) bond motifs is 2. The van der Waals surface area contributed by atoms with E-state index in [1.165, 1.54) is 0 Å². The van der Waals surface area contributed by atoms with E-state index in [1.807, 2.05) is 19.1 Å². The minimum absolute atomic E-state index is 0.111. The van der Waals surface area contributed by atoms with Crippen LogP contribution in [0.1, 0.15) is 53.1 Å². The molecule has 6 heteroatoms. The highest BCUT2D eigenvalue weighted by molar-refractivity contribution is 6.32. The van der Waals surface area contributed by atoms with E-state index >= 15 is 0 Å². The minimum Gasteiger partial charge on any atom is -0.450 e. The molecule has 4 nitrogen and oxygen atoms in total. The van der Waals surface area contributed by atoms with E-state index in [0.717, 1.165) is 24.0 Å². The summed E-state index contributed by atoms with van der Waals surface area (Å²) in [6, 6.07) is 10.1. The van der Waals surface area contributed by atoms with E-state index in [1.54, 1.807) is 29.2 Å². The van der Waals surface area contributed by atoms with Crippen LogP contribution in [0.15, 0.2) is 45.6 Å². The van der Waals surface area contributed by atoms with Crippen LogP contribution in [0.2, 0.25) is 10.0 Å². The first-order chi connectivity index (χ1) is 13.4. The van der Waals surface area contributed by atoms with Gasteiger partial charge in [-0.2, -0.15) is 0 Å². The van der Waals surface area contributed by atoms with Crippen molar-refractivity contribution in [3.63, 3.8) is 0 Å². The lowest BCUT2D eigenvalue weighted by atomic mass is 9.98. The zero-order valence-electron chi connectivity index (χ0n) is 15.6. The van der Waals surface area contributed by atoms with Crippen molar-refractivity contribution in [1.29, 1.82) is 0 Å². The molecule has 0 saturated heterocycles. The molecular weight excluding hydrogens is 397 g/mol. The molecule has 144 valence electrons. The van der Waals surface area contributed by atoms with Gasteiger partial charge in [-0.1, -0.05) is 48.7 Å². The lowest BCUT2D eigenvalue weighted by Crippen LogP contribution is -2.30. The van der Waals surface area contributed by atoms with Crippen LogP contribution in [-0.4, -0.2) is 17.4 Å². The lowest BCUT2D eigenvalue weighted by Gasteiger charge is -2.25. The van der Waals surface area contributed by atoms with Crippen molar-refractivity contribution in [2.45, 2.75) is 32.7 Å². The Morgan fingerprint density at radius 3 is 2.64 bits per heavy atom. The van der Waals surface area contributed by atoms with Gasteiger partial charge in [0.2, 0.25) is 5.76 Å². The Hall–Kier alpha value is -2.30. The summed E-state index contributed by atoms with van der Waals surface area (Å²) in [5, 5.41) is 1.43. The van der Waals surface area contributed by atoms with E-state index < -0.39 is 6.04 Å². The maximum absolute atomic E-state index is 13.4. The molecule has 0 N–H and O–H groups in total. The average molecular weight is 416 g/mol. The number of amides is 1. The van der Waals surface area contributed by atoms with Crippen molar-refractivity contribution >= 4 is 40.1 Å². The molecule has 0 radical (unpaired) electrons. The summed E-state index contributed by atoms with van der Waals surface area (Å²) in [5.74, 6) is -0.152. The molecular formula is C22H19Cl2NO3. The smallest absolute Gasteiger partial charge is 0.290 e. The van der Waals surface area contributed by atoms with Gasteiger partial charge in [0.25, 0.3) is 5.91 Å². The average Bonchev–Trinajstić information content (AvgIpc) is 2.94. The number of nitrogens with zero attached hydrogens (tertiary/aromatic N) is 1. The summed E-state index contributed by atoms with van der Waals surface area (Å²) >= 11 is 12.4. The molecule has 28 heavy (non-hydrogen) atoms. The first-order valence-electron chi connectivity index (χ1n) is 9.25. The Labute approximate surface area is 172 Å². The fraction of sp³-hybridized carbons (Fsp3) is 0.273. The van der Waals surface area contributed by atoms with E-state index in [-0.39, 0.29) is 17.1 Å². The van der Waals surface area contributed by atoms with Gasteiger partial charge in [0.05, 0.1) is 17.0 Å². The van der Waals surface area contributed by atoms with Crippen molar-refractivity contribution in [3.05, 3.63) is 79.1 Å². The van der Waals surface area contributed by atoms with Gasteiger partial charge in [-0.3, -0.25) is 9.59 Å². The predicted molar refractivity (Wildman–Crippen MR) is 111 cm³/mol. The number of hydrogen-bond donors (Lipinski definition) is 0. The van der Waals surface area contributed by atoms with Crippen molar-refractivity contribution in [2.75, 3.05) is 6.54 Å². The second-order valence-corrected chi connectivity index (χ2v) is 7.92. The third-order valence-corrected chi connectivity index (χ3v) is 5.81. The van der Waals surface area contributed by atoms with Crippen LogP contribution < -0.4 is 5.43 Å². The Bertz CT molecular complexity index is 1150. The molecule has 0 bridgehead atoms. The molecule has 0 fully saturated rings. The van der Waals surface area contributed by atoms with Crippen LogP contribution in [0.4, 0.5) is 0 Å². The number of halogens is 2. The first kappa shape index (κ1) is 19.0. The highest BCUT2D eigenvalue weighted by Crippen LogP contribution is 2.39. The van der Waals surface area contributed by atoms with Crippen molar-refractivity contribution in [3.8, 4) is 0 Å². The van der Waals surface area contributed by atoms with Crippen molar-refractivity contribution in [2.24, 2.45) is 0 Å². The predicted octanol–water partition coefficient (Wildman–Crippen LogP) is 5.75. The number of aryl methyl sites for hydroxylation is 1. The van der Waals surface area contributed by atoms with Gasteiger partial charge in [-0.15, -0.1) is 0 Å². The molecule has 1 aromatic heterocycles. The Morgan fingerprint density at radius 2 is 1.93 bits per heavy atom. The van der Waals surface area contributed by atoms with Crippen LogP contribution in [-0.2, 0) is 0 Å². The largest absolute Gasteiger partial charge is 0.450 e. The molecule has 1 aliphatic rings. The quantitative estimate of drug-likeness (QED) is 0.544. The Morgan fingerprint density at radius 1 is 1.14 bits per heavy atom. The van der Waals surface area contributed by atoms with E-state index in [0.29, 0.717) is 33.1 Å². The molecule has 4 rings (SSSR count). The van der Waals surface area contributed by atoms with Crippen LogP contribution >= 0.6 is 23.2 Å². The zero-order valence-corrected chi connectivity index (χ0v) is 17.1.